The Morgan fingerprint density at radius 2 is 1.52 bits per heavy atom. The molecule has 0 spiro atoms. The molecule has 0 amide bonds. The maximum atomic E-state index is 13.0. The first-order valence-corrected chi connectivity index (χ1v) is 6.63. The van der Waals surface area contributed by atoms with Gasteiger partial charge in [0.15, 0.2) is 0 Å². The second-order valence-corrected chi connectivity index (χ2v) is 4.34. The summed E-state index contributed by atoms with van der Waals surface area (Å²) >= 11 is 0. The predicted octanol–water partition coefficient (Wildman–Crippen LogP) is 4.87. The van der Waals surface area contributed by atoms with Crippen molar-refractivity contribution in [2.75, 3.05) is 11.5 Å². The molecule has 2 rings (SSSR count). The molecule has 0 atom stereocenters. The van der Waals surface area contributed by atoms with Crippen LogP contribution in [0.1, 0.15) is 25.0 Å². The van der Waals surface area contributed by atoms with E-state index in [1.165, 1.54) is 18.2 Å². The number of halogens is 3. The zero-order chi connectivity index (χ0) is 16.2. The molecule has 2 aromatic rings. The molecule has 0 saturated carbocycles. The topological polar surface area (TPSA) is 52.0 Å². The third-order valence-corrected chi connectivity index (χ3v) is 2.96. The number of aryl methyl sites for hydroxylation is 1. The first-order chi connectivity index (χ1) is 9.80. The van der Waals surface area contributed by atoms with Crippen LogP contribution in [0.25, 0.3) is 11.1 Å². The van der Waals surface area contributed by atoms with E-state index in [0.29, 0.717) is 16.8 Å². The van der Waals surface area contributed by atoms with E-state index < -0.39 is 11.7 Å². The lowest BCUT2D eigenvalue weighted by Gasteiger charge is -2.14. The van der Waals surface area contributed by atoms with Crippen molar-refractivity contribution >= 4 is 11.4 Å². The standard InChI is InChI=1S/C14H13F3N2.C2H6/c1-8-6-9(7-12(18)13(8)19)10-4-2-3-5-11(10)14(15,16)17;1-2/h2-7H,18-19H2,1H3;1-2H3. The number of nitrogens with two attached hydrogens (primary N) is 2. The van der Waals surface area contributed by atoms with Gasteiger partial charge in [-0.1, -0.05) is 32.0 Å². The molecule has 0 heterocycles. The Morgan fingerprint density at radius 1 is 0.952 bits per heavy atom. The quantitative estimate of drug-likeness (QED) is 0.737. The van der Waals surface area contributed by atoms with E-state index in [4.69, 9.17) is 11.5 Å². The highest BCUT2D eigenvalue weighted by Gasteiger charge is 2.33. The summed E-state index contributed by atoms with van der Waals surface area (Å²) in [6, 6.07) is 8.47. The van der Waals surface area contributed by atoms with Crippen molar-refractivity contribution in [3.63, 3.8) is 0 Å². The van der Waals surface area contributed by atoms with Crippen LogP contribution in [-0.4, -0.2) is 0 Å². The van der Waals surface area contributed by atoms with Gasteiger partial charge in [-0.15, -0.1) is 0 Å². The molecule has 0 unspecified atom stereocenters. The van der Waals surface area contributed by atoms with Crippen molar-refractivity contribution in [2.24, 2.45) is 0 Å². The number of anilines is 2. The Labute approximate surface area is 122 Å². The Bertz CT molecular complexity index is 596. The minimum atomic E-state index is -4.40. The van der Waals surface area contributed by atoms with Crippen molar-refractivity contribution in [2.45, 2.75) is 26.9 Å². The lowest BCUT2D eigenvalue weighted by atomic mass is 9.96. The summed E-state index contributed by atoms with van der Waals surface area (Å²) in [7, 11) is 0. The van der Waals surface area contributed by atoms with Crippen molar-refractivity contribution in [3.05, 3.63) is 47.5 Å². The minimum Gasteiger partial charge on any atom is -0.397 e. The van der Waals surface area contributed by atoms with E-state index in [9.17, 15) is 13.2 Å². The second kappa shape index (κ2) is 6.52. The maximum absolute atomic E-state index is 13.0. The van der Waals surface area contributed by atoms with Crippen LogP contribution >= 0.6 is 0 Å². The minimum absolute atomic E-state index is 0.102. The van der Waals surface area contributed by atoms with Crippen molar-refractivity contribution in [3.8, 4) is 11.1 Å². The molecule has 0 fully saturated rings. The summed E-state index contributed by atoms with van der Waals surface area (Å²) in [5, 5.41) is 0. The molecule has 2 nitrogen and oxygen atoms in total. The Balaban J connectivity index is 0.00000106. The summed E-state index contributed by atoms with van der Waals surface area (Å²) < 4.78 is 38.9. The lowest BCUT2D eigenvalue weighted by molar-refractivity contribution is -0.137. The van der Waals surface area contributed by atoms with E-state index in [1.807, 2.05) is 13.8 Å². The fraction of sp³-hybridized carbons (Fsp3) is 0.250. The summed E-state index contributed by atoms with van der Waals surface area (Å²) in [6.07, 6.45) is -4.40. The first-order valence-electron chi connectivity index (χ1n) is 6.63. The highest BCUT2D eigenvalue weighted by atomic mass is 19.4. The molecule has 0 aliphatic carbocycles. The highest BCUT2D eigenvalue weighted by molar-refractivity contribution is 5.78. The molecule has 2 aromatic carbocycles. The van der Waals surface area contributed by atoms with Gasteiger partial charge in [0.2, 0.25) is 0 Å². The molecule has 0 aliphatic rings. The summed E-state index contributed by atoms with van der Waals surface area (Å²) in [5.74, 6) is 0. The van der Waals surface area contributed by atoms with Crippen LogP contribution in [-0.2, 0) is 6.18 Å². The lowest BCUT2D eigenvalue weighted by Crippen LogP contribution is -2.07. The van der Waals surface area contributed by atoms with Crippen LogP contribution in [0.5, 0.6) is 0 Å². The molecule has 0 saturated heterocycles. The SMILES string of the molecule is CC.Cc1cc(-c2ccccc2C(F)(F)F)cc(N)c1N. The van der Waals surface area contributed by atoms with Crippen molar-refractivity contribution in [1.29, 1.82) is 0 Å². The summed E-state index contributed by atoms with van der Waals surface area (Å²) in [6.45, 7) is 5.71. The average Bonchev–Trinajstić information content (AvgIpc) is 2.45. The summed E-state index contributed by atoms with van der Waals surface area (Å²) in [5.41, 5.74) is 12.6. The van der Waals surface area contributed by atoms with E-state index in [1.54, 1.807) is 19.1 Å². The van der Waals surface area contributed by atoms with Gasteiger partial charge in [0.25, 0.3) is 0 Å². The maximum Gasteiger partial charge on any atom is 0.417 e. The second-order valence-electron chi connectivity index (χ2n) is 4.34. The van der Waals surface area contributed by atoms with E-state index in [0.717, 1.165) is 6.07 Å². The largest absolute Gasteiger partial charge is 0.417 e. The number of nitrogen functional groups attached to an aromatic ring is 2. The van der Waals surface area contributed by atoms with Gasteiger partial charge in [-0.25, -0.2) is 0 Å². The van der Waals surface area contributed by atoms with Crippen LogP contribution < -0.4 is 11.5 Å². The van der Waals surface area contributed by atoms with E-state index in [2.05, 4.69) is 0 Å². The van der Waals surface area contributed by atoms with Gasteiger partial charge >= 0.3 is 6.18 Å². The number of alkyl halides is 3. The van der Waals surface area contributed by atoms with E-state index >= 15 is 0 Å². The van der Waals surface area contributed by atoms with Gasteiger partial charge in [0.05, 0.1) is 16.9 Å². The Hall–Kier alpha value is -2.17. The van der Waals surface area contributed by atoms with Crippen LogP contribution in [0.3, 0.4) is 0 Å². The van der Waals surface area contributed by atoms with Gasteiger partial charge in [0.1, 0.15) is 0 Å². The van der Waals surface area contributed by atoms with Crippen LogP contribution in [0.15, 0.2) is 36.4 Å². The predicted molar refractivity (Wildman–Crippen MR) is 81.8 cm³/mol. The van der Waals surface area contributed by atoms with Crippen molar-refractivity contribution < 1.29 is 13.2 Å². The number of rotatable bonds is 1. The Morgan fingerprint density at radius 3 is 2.05 bits per heavy atom. The summed E-state index contributed by atoms with van der Waals surface area (Å²) in [4.78, 5) is 0. The molecule has 114 valence electrons. The monoisotopic (exact) mass is 296 g/mol. The highest BCUT2D eigenvalue weighted by Crippen LogP contribution is 2.38. The average molecular weight is 296 g/mol. The zero-order valence-electron chi connectivity index (χ0n) is 12.3. The van der Waals surface area contributed by atoms with Gasteiger partial charge in [-0.2, -0.15) is 13.2 Å². The number of hydrogen-bond acceptors (Lipinski definition) is 2. The van der Waals surface area contributed by atoms with Gasteiger partial charge in [-0.3, -0.25) is 0 Å². The third kappa shape index (κ3) is 3.68. The molecule has 0 aromatic heterocycles. The normalized spacial score (nSPS) is 10.8. The molecule has 4 N–H and O–H groups in total. The zero-order valence-corrected chi connectivity index (χ0v) is 12.3. The van der Waals surface area contributed by atoms with Crippen molar-refractivity contribution in [1.82, 2.24) is 0 Å². The Kier molecular flexibility index (Phi) is 5.24. The number of benzene rings is 2. The van der Waals surface area contributed by atoms with Crippen LogP contribution in [0.4, 0.5) is 24.5 Å². The molecule has 21 heavy (non-hydrogen) atoms. The molecular weight excluding hydrogens is 277 g/mol. The van der Waals surface area contributed by atoms with Crippen LogP contribution in [0, 0.1) is 6.92 Å². The fourth-order valence-corrected chi connectivity index (χ4v) is 1.96. The molecular formula is C16H19F3N2. The molecule has 0 radical (unpaired) electrons. The van der Waals surface area contributed by atoms with Gasteiger partial charge < -0.3 is 11.5 Å². The fourth-order valence-electron chi connectivity index (χ4n) is 1.96. The van der Waals surface area contributed by atoms with E-state index in [-0.39, 0.29) is 11.3 Å². The van der Waals surface area contributed by atoms with Gasteiger partial charge in [0, 0.05) is 0 Å². The molecule has 0 aliphatic heterocycles. The smallest absolute Gasteiger partial charge is 0.397 e. The van der Waals surface area contributed by atoms with Crippen LogP contribution in [0.2, 0.25) is 0 Å². The third-order valence-electron chi connectivity index (χ3n) is 2.96. The number of hydrogen-bond donors (Lipinski definition) is 2. The van der Waals surface area contributed by atoms with Gasteiger partial charge in [-0.05, 0) is 41.8 Å². The molecule has 0 bridgehead atoms. The first kappa shape index (κ1) is 16.9. The molecule has 5 heteroatoms.